The fourth-order valence-corrected chi connectivity index (χ4v) is 5.76. The van der Waals surface area contributed by atoms with Crippen molar-refractivity contribution in [3.63, 3.8) is 0 Å². The lowest BCUT2D eigenvalue weighted by atomic mass is 9.79. The van der Waals surface area contributed by atoms with Crippen LogP contribution in [0.4, 0.5) is 0 Å². The first-order valence-corrected chi connectivity index (χ1v) is 14.4. The zero-order valence-corrected chi connectivity index (χ0v) is 24.0. The molecule has 0 aromatic heterocycles. The van der Waals surface area contributed by atoms with Gasteiger partial charge in [0.1, 0.15) is 5.60 Å². The van der Waals surface area contributed by atoms with Gasteiger partial charge in [0.15, 0.2) is 5.60 Å². The lowest BCUT2D eigenvalue weighted by molar-refractivity contribution is -0.161. The van der Waals surface area contributed by atoms with Gasteiger partial charge in [-0.25, -0.2) is 0 Å². The minimum Gasteiger partial charge on any atom is -0.460 e. The summed E-state index contributed by atoms with van der Waals surface area (Å²) in [6.07, 6.45) is 7.36. The van der Waals surface area contributed by atoms with E-state index >= 15 is 0 Å². The molecule has 3 aromatic rings. The molecule has 1 aliphatic carbocycles. The van der Waals surface area contributed by atoms with Gasteiger partial charge in [0, 0.05) is 21.7 Å². The van der Waals surface area contributed by atoms with Crippen molar-refractivity contribution < 1.29 is 19.1 Å². The maximum absolute atomic E-state index is 13.4. The van der Waals surface area contributed by atoms with Crippen LogP contribution in [0.15, 0.2) is 78.9 Å². The SMILES string of the molecule is CC(C)(C)OC(=O)CCC(=O)OC(c1ccccc1)(c1ccc(C2CCCCCC2)cc1)c1ccccc1Cl. The van der Waals surface area contributed by atoms with E-state index in [1.165, 1.54) is 44.1 Å². The molecule has 0 N–H and O–H groups in total. The number of hydrogen-bond acceptors (Lipinski definition) is 4. The molecule has 4 rings (SSSR count). The van der Waals surface area contributed by atoms with Crippen LogP contribution in [0.5, 0.6) is 0 Å². The summed E-state index contributed by atoms with van der Waals surface area (Å²) in [5.74, 6) is -0.392. The van der Waals surface area contributed by atoms with Gasteiger partial charge < -0.3 is 9.47 Å². The molecule has 0 heterocycles. The molecular formula is C34H39ClO4. The zero-order valence-electron chi connectivity index (χ0n) is 23.3. The Morgan fingerprint density at radius 2 is 1.26 bits per heavy atom. The van der Waals surface area contributed by atoms with Gasteiger partial charge in [0.05, 0.1) is 12.8 Å². The predicted octanol–water partition coefficient (Wildman–Crippen LogP) is 8.73. The highest BCUT2D eigenvalue weighted by atomic mass is 35.5. The fraction of sp³-hybridized carbons (Fsp3) is 0.412. The first-order valence-electron chi connectivity index (χ1n) is 14.0. The average Bonchev–Trinajstić information content (AvgIpc) is 3.21. The molecule has 1 atom stereocenters. The standard InChI is InChI=1S/C34H39ClO4/c1-33(2,3)38-31(36)23-24-32(37)39-34(27-15-9-6-10-16-27,29-17-11-12-18-30(29)35)28-21-19-26(20-22-28)25-13-7-4-5-8-14-25/h6,9-12,15-22,25H,4-5,7-8,13-14,23-24H2,1-3H3. The Kier molecular flexibility index (Phi) is 9.50. The Morgan fingerprint density at radius 3 is 1.85 bits per heavy atom. The summed E-state index contributed by atoms with van der Waals surface area (Å²) >= 11 is 6.80. The Morgan fingerprint density at radius 1 is 0.718 bits per heavy atom. The topological polar surface area (TPSA) is 52.6 Å². The zero-order chi connectivity index (χ0) is 27.9. The number of esters is 2. The smallest absolute Gasteiger partial charge is 0.307 e. The molecule has 5 heteroatoms. The van der Waals surface area contributed by atoms with Gasteiger partial charge in [-0.1, -0.05) is 110 Å². The van der Waals surface area contributed by atoms with Crippen LogP contribution in [-0.4, -0.2) is 17.5 Å². The van der Waals surface area contributed by atoms with Crippen molar-refractivity contribution in [3.8, 4) is 0 Å². The Hall–Kier alpha value is -3.11. The number of benzene rings is 3. The lowest BCUT2D eigenvalue weighted by Gasteiger charge is -2.36. The van der Waals surface area contributed by atoms with E-state index < -0.39 is 23.1 Å². The largest absolute Gasteiger partial charge is 0.460 e. The van der Waals surface area contributed by atoms with Crippen LogP contribution in [0.2, 0.25) is 5.02 Å². The van der Waals surface area contributed by atoms with E-state index in [1.807, 2.05) is 54.6 Å². The first kappa shape index (κ1) is 28.9. The molecule has 0 aliphatic heterocycles. The van der Waals surface area contributed by atoms with Gasteiger partial charge in [0.2, 0.25) is 0 Å². The minimum atomic E-state index is -1.29. The number of ether oxygens (including phenoxy) is 2. The molecule has 1 saturated carbocycles. The van der Waals surface area contributed by atoms with E-state index in [2.05, 4.69) is 24.3 Å². The second kappa shape index (κ2) is 12.8. The number of hydrogen-bond donors (Lipinski definition) is 0. The van der Waals surface area contributed by atoms with Crippen LogP contribution in [0.1, 0.15) is 100 Å². The van der Waals surface area contributed by atoms with Crippen LogP contribution in [0, 0.1) is 0 Å². The molecule has 0 amide bonds. The van der Waals surface area contributed by atoms with Gasteiger partial charge in [-0.05, 0) is 51.2 Å². The summed E-state index contributed by atoms with van der Waals surface area (Å²) in [5.41, 5.74) is 1.68. The van der Waals surface area contributed by atoms with Crippen LogP contribution >= 0.6 is 11.6 Å². The second-order valence-corrected chi connectivity index (χ2v) is 11.8. The Labute approximate surface area is 237 Å². The van der Waals surface area contributed by atoms with Gasteiger partial charge in [0.25, 0.3) is 0 Å². The van der Waals surface area contributed by atoms with E-state index in [4.69, 9.17) is 21.1 Å². The lowest BCUT2D eigenvalue weighted by Crippen LogP contribution is -2.36. The molecule has 1 aliphatic rings. The second-order valence-electron chi connectivity index (χ2n) is 11.4. The van der Waals surface area contributed by atoms with Crippen molar-refractivity contribution in [3.05, 3.63) is 106 Å². The molecule has 39 heavy (non-hydrogen) atoms. The highest BCUT2D eigenvalue weighted by Crippen LogP contribution is 2.44. The Bertz CT molecular complexity index is 1240. The van der Waals surface area contributed by atoms with Crippen molar-refractivity contribution in [2.45, 2.75) is 89.3 Å². The summed E-state index contributed by atoms with van der Waals surface area (Å²) < 4.78 is 11.8. The fourth-order valence-electron chi connectivity index (χ4n) is 5.49. The van der Waals surface area contributed by atoms with Crippen LogP contribution in [0.3, 0.4) is 0 Å². The molecule has 0 saturated heterocycles. The van der Waals surface area contributed by atoms with E-state index in [0.29, 0.717) is 16.5 Å². The van der Waals surface area contributed by atoms with Crippen molar-refractivity contribution in [1.82, 2.24) is 0 Å². The maximum atomic E-state index is 13.4. The summed E-state index contributed by atoms with van der Waals surface area (Å²) in [4.78, 5) is 25.8. The van der Waals surface area contributed by atoms with Crippen molar-refractivity contribution in [2.24, 2.45) is 0 Å². The highest BCUT2D eigenvalue weighted by molar-refractivity contribution is 6.31. The third-order valence-corrected chi connectivity index (χ3v) is 7.63. The summed E-state index contributed by atoms with van der Waals surface area (Å²) in [5, 5.41) is 0.495. The molecule has 4 nitrogen and oxygen atoms in total. The Balaban J connectivity index is 1.74. The van der Waals surface area contributed by atoms with Gasteiger partial charge in [-0.15, -0.1) is 0 Å². The first-order chi connectivity index (χ1) is 18.7. The molecule has 3 aromatic carbocycles. The van der Waals surface area contributed by atoms with Gasteiger partial charge in [-0.3, -0.25) is 9.59 Å². The summed E-state index contributed by atoms with van der Waals surface area (Å²) in [7, 11) is 0. The van der Waals surface area contributed by atoms with Crippen LogP contribution in [0.25, 0.3) is 0 Å². The van der Waals surface area contributed by atoms with E-state index in [1.54, 1.807) is 20.8 Å². The molecule has 0 spiro atoms. The van der Waals surface area contributed by atoms with Crippen molar-refractivity contribution in [1.29, 1.82) is 0 Å². The molecule has 0 radical (unpaired) electrons. The van der Waals surface area contributed by atoms with Crippen molar-refractivity contribution in [2.75, 3.05) is 0 Å². The van der Waals surface area contributed by atoms with Crippen LogP contribution < -0.4 is 0 Å². The van der Waals surface area contributed by atoms with Crippen LogP contribution in [-0.2, 0) is 24.7 Å². The molecule has 0 bridgehead atoms. The quantitative estimate of drug-likeness (QED) is 0.161. The highest BCUT2D eigenvalue weighted by Gasteiger charge is 2.42. The normalized spacial score (nSPS) is 16.1. The minimum absolute atomic E-state index is 0.0654. The molecule has 206 valence electrons. The summed E-state index contributed by atoms with van der Waals surface area (Å²) in [6.45, 7) is 5.42. The summed E-state index contributed by atoms with van der Waals surface area (Å²) in [6, 6.07) is 25.6. The third kappa shape index (κ3) is 7.30. The maximum Gasteiger partial charge on any atom is 0.307 e. The molecule has 1 unspecified atom stereocenters. The van der Waals surface area contributed by atoms with Crippen molar-refractivity contribution >= 4 is 23.5 Å². The molecule has 1 fully saturated rings. The average molecular weight is 547 g/mol. The predicted molar refractivity (Wildman–Crippen MR) is 156 cm³/mol. The third-order valence-electron chi connectivity index (χ3n) is 7.30. The number of carbonyl (C=O) groups is 2. The number of carbonyl (C=O) groups excluding carboxylic acids is 2. The van der Waals surface area contributed by atoms with E-state index in [0.717, 1.165) is 11.1 Å². The molecular weight excluding hydrogens is 508 g/mol. The number of halogens is 1. The van der Waals surface area contributed by atoms with E-state index in [9.17, 15) is 9.59 Å². The number of rotatable bonds is 8. The van der Waals surface area contributed by atoms with Gasteiger partial charge in [-0.2, -0.15) is 0 Å². The monoisotopic (exact) mass is 546 g/mol. The van der Waals surface area contributed by atoms with E-state index in [-0.39, 0.29) is 12.8 Å². The van der Waals surface area contributed by atoms with Gasteiger partial charge >= 0.3 is 11.9 Å².